The topological polar surface area (TPSA) is 23.5 Å². The summed E-state index contributed by atoms with van der Waals surface area (Å²) in [5.74, 6) is 0.407. The highest BCUT2D eigenvalue weighted by Crippen LogP contribution is 2.23. The molecule has 1 N–H and O–H groups in total. The number of aryl methyl sites for hydroxylation is 2. The van der Waals surface area contributed by atoms with E-state index in [0.717, 1.165) is 19.5 Å². The standard InChI is InChI=1S/C16H25NO/c1-3-13(12-18)10-17(2)11-14-7-8-15-5-4-6-16(15)9-14/h7-9,13,18H,3-6,10-12H2,1-2H3. The third kappa shape index (κ3) is 3.33. The van der Waals surface area contributed by atoms with Crippen molar-refractivity contribution in [2.75, 3.05) is 20.2 Å². The van der Waals surface area contributed by atoms with Gasteiger partial charge in [-0.25, -0.2) is 0 Å². The maximum atomic E-state index is 9.24. The Hall–Kier alpha value is -0.860. The van der Waals surface area contributed by atoms with Crippen molar-refractivity contribution in [3.63, 3.8) is 0 Å². The van der Waals surface area contributed by atoms with Gasteiger partial charge in [0.2, 0.25) is 0 Å². The molecule has 2 nitrogen and oxygen atoms in total. The minimum atomic E-state index is 0.297. The number of hydrogen-bond acceptors (Lipinski definition) is 2. The van der Waals surface area contributed by atoms with Crippen LogP contribution in [0.3, 0.4) is 0 Å². The molecule has 18 heavy (non-hydrogen) atoms. The Labute approximate surface area is 111 Å². The molecule has 100 valence electrons. The summed E-state index contributed by atoms with van der Waals surface area (Å²) in [7, 11) is 2.14. The van der Waals surface area contributed by atoms with Gasteiger partial charge in [-0.1, -0.05) is 25.1 Å². The van der Waals surface area contributed by atoms with Crippen molar-refractivity contribution in [2.45, 2.75) is 39.2 Å². The van der Waals surface area contributed by atoms with Crippen LogP contribution in [0.2, 0.25) is 0 Å². The molecule has 1 aliphatic carbocycles. The highest BCUT2D eigenvalue weighted by molar-refractivity contribution is 5.35. The molecule has 0 aliphatic heterocycles. The molecule has 0 amide bonds. The van der Waals surface area contributed by atoms with E-state index < -0.39 is 0 Å². The van der Waals surface area contributed by atoms with Gasteiger partial charge in [-0.2, -0.15) is 0 Å². The molecule has 0 saturated heterocycles. The molecule has 0 radical (unpaired) electrons. The second kappa shape index (κ2) is 6.35. The molecule has 0 spiro atoms. The van der Waals surface area contributed by atoms with Gasteiger partial charge in [0.05, 0.1) is 0 Å². The fourth-order valence-electron chi connectivity index (χ4n) is 2.86. The second-order valence-electron chi connectivity index (χ2n) is 5.61. The SMILES string of the molecule is CCC(CO)CN(C)Cc1ccc2c(c1)CCC2. The van der Waals surface area contributed by atoms with Crippen LogP contribution in [0, 0.1) is 5.92 Å². The normalized spacial score (nSPS) is 16.0. The van der Waals surface area contributed by atoms with Crippen molar-refractivity contribution in [3.05, 3.63) is 34.9 Å². The van der Waals surface area contributed by atoms with E-state index >= 15 is 0 Å². The third-order valence-electron chi connectivity index (χ3n) is 4.02. The summed E-state index contributed by atoms with van der Waals surface area (Å²) >= 11 is 0. The van der Waals surface area contributed by atoms with Gasteiger partial charge in [0.15, 0.2) is 0 Å². The van der Waals surface area contributed by atoms with Crippen LogP contribution in [0.5, 0.6) is 0 Å². The van der Waals surface area contributed by atoms with E-state index in [9.17, 15) is 5.11 Å². The highest BCUT2D eigenvalue weighted by Gasteiger charge is 2.12. The van der Waals surface area contributed by atoms with Crippen LogP contribution in [0.4, 0.5) is 0 Å². The van der Waals surface area contributed by atoms with Crippen molar-refractivity contribution in [1.82, 2.24) is 4.90 Å². The molecule has 1 aromatic rings. The largest absolute Gasteiger partial charge is 0.396 e. The second-order valence-corrected chi connectivity index (χ2v) is 5.61. The molecule has 0 heterocycles. The lowest BCUT2D eigenvalue weighted by Crippen LogP contribution is -2.27. The van der Waals surface area contributed by atoms with Gasteiger partial charge in [0.1, 0.15) is 0 Å². The average Bonchev–Trinajstić information content (AvgIpc) is 2.83. The molecule has 0 aromatic heterocycles. The number of fused-ring (bicyclic) bond motifs is 1. The average molecular weight is 247 g/mol. The molecular weight excluding hydrogens is 222 g/mol. The molecule has 2 heteroatoms. The van der Waals surface area contributed by atoms with Crippen LogP contribution in [-0.4, -0.2) is 30.2 Å². The summed E-state index contributed by atoms with van der Waals surface area (Å²) in [6.45, 7) is 4.41. The summed E-state index contributed by atoms with van der Waals surface area (Å²) in [4.78, 5) is 2.32. The zero-order valence-electron chi connectivity index (χ0n) is 11.7. The molecule has 1 aliphatic rings. The maximum Gasteiger partial charge on any atom is 0.0471 e. The first-order valence-corrected chi connectivity index (χ1v) is 7.13. The highest BCUT2D eigenvalue weighted by atomic mass is 16.3. The first kappa shape index (κ1) is 13.6. The Kier molecular flexibility index (Phi) is 4.79. The molecule has 2 rings (SSSR count). The lowest BCUT2D eigenvalue weighted by molar-refractivity contribution is 0.173. The lowest BCUT2D eigenvalue weighted by Gasteiger charge is -2.22. The van der Waals surface area contributed by atoms with Crippen molar-refractivity contribution in [3.8, 4) is 0 Å². The van der Waals surface area contributed by atoms with E-state index in [2.05, 4.69) is 37.1 Å². The summed E-state index contributed by atoms with van der Waals surface area (Å²) in [6.07, 6.45) is 4.87. The van der Waals surface area contributed by atoms with E-state index in [-0.39, 0.29) is 0 Å². The van der Waals surface area contributed by atoms with Gasteiger partial charge in [0.25, 0.3) is 0 Å². The summed E-state index contributed by atoms with van der Waals surface area (Å²) in [5, 5.41) is 9.24. The van der Waals surface area contributed by atoms with Crippen LogP contribution in [0.25, 0.3) is 0 Å². The molecule has 0 saturated carbocycles. The number of hydrogen-bond donors (Lipinski definition) is 1. The van der Waals surface area contributed by atoms with E-state index in [1.807, 2.05) is 0 Å². The van der Waals surface area contributed by atoms with Crippen molar-refractivity contribution < 1.29 is 5.11 Å². The third-order valence-corrected chi connectivity index (χ3v) is 4.02. The monoisotopic (exact) mass is 247 g/mol. The molecule has 0 bridgehead atoms. The zero-order valence-corrected chi connectivity index (χ0v) is 11.7. The smallest absolute Gasteiger partial charge is 0.0471 e. The number of benzene rings is 1. The maximum absolute atomic E-state index is 9.24. The van der Waals surface area contributed by atoms with E-state index in [1.54, 1.807) is 11.1 Å². The van der Waals surface area contributed by atoms with E-state index in [1.165, 1.54) is 24.8 Å². The first-order valence-electron chi connectivity index (χ1n) is 7.13. The summed E-state index contributed by atoms with van der Waals surface area (Å²) < 4.78 is 0. The van der Waals surface area contributed by atoms with Gasteiger partial charge in [-0.15, -0.1) is 0 Å². The zero-order chi connectivity index (χ0) is 13.0. The molecule has 0 fully saturated rings. The number of nitrogens with zero attached hydrogens (tertiary/aromatic N) is 1. The first-order chi connectivity index (χ1) is 8.72. The molecule has 1 atom stereocenters. The quantitative estimate of drug-likeness (QED) is 0.835. The molecule has 1 unspecified atom stereocenters. The van der Waals surface area contributed by atoms with Gasteiger partial charge < -0.3 is 10.0 Å². The van der Waals surface area contributed by atoms with Gasteiger partial charge in [-0.3, -0.25) is 0 Å². The lowest BCUT2D eigenvalue weighted by atomic mass is 10.0. The molecule has 1 aromatic carbocycles. The Morgan fingerprint density at radius 1 is 1.28 bits per heavy atom. The van der Waals surface area contributed by atoms with Crippen LogP contribution in [-0.2, 0) is 19.4 Å². The van der Waals surface area contributed by atoms with Crippen molar-refractivity contribution in [1.29, 1.82) is 0 Å². The van der Waals surface area contributed by atoms with Crippen LogP contribution in [0.1, 0.15) is 36.5 Å². The predicted molar refractivity (Wildman–Crippen MR) is 75.7 cm³/mol. The minimum Gasteiger partial charge on any atom is -0.396 e. The number of rotatable bonds is 6. The fraction of sp³-hybridized carbons (Fsp3) is 0.625. The number of aliphatic hydroxyl groups is 1. The van der Waals surface area contributed by atoms with Crippen LogP contribution < -0.4 is 0 Å². The fourth-order valence-corrected chi connectivity index (χ4v) is 2.86. The van der Waals surface area contributed by atoms with Crippen LogP contribution >= 0.6 is 0 Å². The van der Waals surface area contributed by atoms with Gasteiger partial charge in [-0.05, 0) is 55.3 Å². The number of aliphatic hydroxyl groups excluding tert-OH is 1. The van der Waals surface area contributed by atoms with Crippen molar-refractivity contribution >= 4 is 0 Å². The van der Waals surface area contributed by atoms with Gasteiger partial charge >= 0.3 is 0 Å². The van der Waals surface area contributed by atoms with E-state index in [0.29, 0.717) is 12.5 Å². The molecular formula is C16H25NO. The van der Waals surface area contributed by atoms with Crippen LogP contribution in [0.15, 0.2) is 18.2 Å². The minimum absolute atomic E-state index is 0.297. The Bertz CT molecular complexity index is 385. The Morgan fingerprint density at radius 2 is 2.06 bits per heavy atom. The van der Waals surface area contributed by atoms with Crippen molar-refractivity contribution in [2.24, 2.45) is 5.92 Å². The Balaban J connectivity index is 1.92. The van der Waals surface area contributed by atoms with Gasteiger partial charge in [0, 0.05) is 19.7 Å². The van der Waals surface area contributed by atoms with E-state index in [4.69, 9.17) is 0 Å². The summed E-state index contributed by atoms with van der Waals surface area (Å²) in [6, 6.07) is 6.94. The predicted octanol–water partition coefficient (Wildman–Crippen LogP) is 2.63. The summed E-state index contributed by atoms with van der Waals surface area (Å²) in [5.41, 5.74) is 4.50. The Morgan fingerprint density at radius 3 is 2.78 bits per heavy atom.